The van der Waals surface area contributed by atoms with Crippen LogP contribution in [-0.2, 0) is 11.0 Å². The van der Waals surface area contributed by atoms with E-state index in [0.29, 0.717) is 24.4 Å². The summed E-state index contributed by atoms with van der Waals surface area (Å²) in [6.07, 6.45) is 2.03. The van der Waals surface area contributed by atoms with Gasteiger partial charge in [-0.15, -0.1) is 0 Å². The third kappa shape index (κ3) is 6.26. The Hall–Kier alpha value is -2.90. The van der Waals surface area contributed by atoms with Gasteiger partial charge < -0.3 is 15.1 Å². The van der Waals surface area contributed by atoms with E-state index in [-0.39, 0.29) is 0 Å². The Morgan fingerprint density at radius 3 is 2.00 bits per heavy atom. The lowest BCUT2D eigenvalue weighted by Crippen LogP contribution is -2.47. The molecule has 1 aliphatic rings. The summed E-state index contributed by atoms with van der Waals surface area (Å²) in [5.74, 6) is 0. The van der Waals surface area contributed by atoms with Crippen LogP contribution in [0.25, 0.3) is 0 Å². The number of carboxylic acid groups (broad SMARTS) is 1. The van der Waals surface area contributed by atoms with E-state index in [0.717, 1.165) is 49.2 Å². The molecule has 1 aliphatic heterocycles. The Morgan fingerprint density at radius 2 is 1.47 bits per heavy atom. The number of nitrogens with zero attached hydrogens (tertiary/aromatic N) is 1. The number of likely N-dealkylation sites (tertiary alicyclic amines) is 1. The lowest BCUT2D eigenvalue weighted by atomic mass is 9.71. The quantitative estimate of drug-likeness (QED) is 0.285. The van der Waals surface area contributed by atoms with Gasteiger partial charge >= 0.3 is 6.09 Å². The second kappa shape index (κ2) is 11.9. The first-order chi connectivity index (χ1) is 17.4. The summed E-state index contributed by atoms with van der Waals surface area (Å²) in [6, 6.07) is 28.1. The van der Waals surface area contributed by atoms with E-state index in [2.05, 4.69) is 40.0 Å². The molecule has 7 heteroatoms. The molecular weight excluding hydrogens is 474 g/mol. The fraction of sp³-hybridized carbons (Fsp3) is 0.345. The highest BCUT2D eigenvalue weighted by atomic mass is 35.5. The molecule has 3 aromatic rings. The Morgan fingerprint density at radius 1 is 0.917 bits per heavy atom. The van der Waals surface area contributed by atoms with Crippen LogP contribution in [0.2, 0.25) is 5.02 Å². The highest BCUT2D eigenvalue weighted by molar-refractivity contribution is 6.30. The third-order valence-electron chi connectivity index (χ3n) is 7.38. The minimum atomic E-state index is -1.11. The molecule has 0 aromatic heterocycles. The molecule has 3 aromatic carbocycles. The molecule has 0 aliphatic carbocycles. The van der Waals surface area contributed by atoms with Crippen molar-refractivity contribution in [2.45, 2.75) is 36.7 Å². The fourth-order valence-corrected chi connectivity index (χ4v) is 5.46. The molecule has 190 valence electrons. The van der Waals surface area contributed by atoms with Crippen molar-refractivity contribution in [1.29, 1.82) is 0 Å². The van der Waals surface area contributed by atoms with Gasteiger partial charge in [0.2, 0.25) is 0 Å². The maximum Gasteiger partial charge on any atom is 0.419 e. The van der Waals surface area contributed by atoms with Gasteiger partial charge in [0.25, 0.3) is 0 Å². The van der Waals surface area contributed by atoms with Crippen LogP contribution in [0.1, 0.15) is 42.4 Å². The number of halogens is 1. The van der Waals surface area contributed by atoms with Gasteiger partial charge in [0.1, 0.15) is 0 Å². The van der Waals surface area contributed by atoms with Crippen LogP contribution >= 0.6 is 11.6 Å². The van der Waals surface area contributed by atoms with Gasteiger partial charge in [-0.2, -0.15) is 0 Å². The van der Waals surface area contributed by atoms with E-state index in [9.17, 15) is 9.90 Å². The largest absolute Gasteiger partial charge is 0.464 e. The van der Waals surface area contributed by atoms with Crippen LogP contribution in [-0.4, -0.2) is 47.4 Å². The molecular formula is C29H34ClN3O3. The molecule has 1 heterocycles. The number of aliphatic hydroxyl groups is 1. The Kier molecular flexibility index (Phi) is 8.64. The molecule has 1 saturated heterocycles. The zero-order valence-corrected chi connectivity index (χ0v) is 21.1. The van der Waals surface area contributed by atoms with Gasteiger partial charge in [-0.05, 0) is 61.1 Å². The smallest absolute Gasteiger partial charge is 0.419 e. The normalized spacial score (nSPS) is 15.9. The van der Waals surface area contributed by atoms with Gasteiger partial charge in [-0.1, -0.05) is 84.4 Å². The first kappa shape index (κ1) is 26.2. The zero-order chi connectivity index (χ0) is 25.4. The van der Waals surface area contributed by atoms with Gasteiger partial charge in [0.05, 0.1) is 5.60 Å². The van der Waals surface area contributed by atoms with Crippen LogP contribution in [0.5, 0.6) is 0 Å². The van der Waals surface area contributed by atoms with Crippen molar-refractivity contribution in [2.75, 3.05) is 26.2 Å². The molecule has 0 saturated carbocycles. The zero-order valence-electron chi connectivity index (χ0n) is 20.4. The van der Waals surface area contributed by atoms with Crippen LogP contribution in [0.15, 0.2) is 84.9 Å². The summed E-state index contributed by atoms with van der Waals surface area (Å²) in [5.41, 5.74) is 7.27. The number of rotatable bonds is 10. The SMILES string of the molecule is O=C(O)NNCC(CCCN1CCC(O)(c2ccc(Cl)cc2)CC1)(c1ccccc1)c1ccccc1. The molecule has 0 bridgehead atoms. The van der Waals surface area contributed by atoms with Crippen LogP contribution in [0, 0.1) is 0 Å². The molecule has 0 radical (unpaired) electrons. The predicted octanol–water partition coefficient (Wildman–Crippen LogP) is 5.16. The van der Waals surface area contributed by atoms with E-state index in [1.165, 1.54) is 0 Å². The minimum Gasteiger partial charge on any atom is -0.464 e. The van der Waals surface area contributed by atoms with Crippen LogP contribution in [0.3, 0.4) is 0 Å². The molecule has 1 fully saturated rings. The second-order valence-corrected chi connectivity index (χ2v) is 10.0. The Balaban J connectivity index is 1.45. The standard InChI is InChI=1S/C29H34ClN3O3/c30-26-14-12-25(13-15-26)29(36)17-20-33(21-18-29)19-7-16-28(22-31-32-27(34)35,23-8-3-1-4-9-23)24-10-5-2-6-11-24/h1-6,8-15,31-32,36H,7,16-22H2,(H,34,35). The van der Waals surface area contributed by atoms with Gasteiger partial charge in [0.15, 0.2) is 0 Å². The molecule has 36 heavy (non-hydrogen) atoms. The molecule has 0 unspecified atom stereocenters. The summed E-state index contributed by atoms with van der Waals surface area (Å²) in [5, 5.41) is 21.0. The number of nitrogens with one attached hydrogen (secondary N) is 2. The maximum atomic E-state index is 11.2. The summed E-state index contributed by atoms with van der Waals surface area (Å²) in [6.45, 7) is 2.98. The van der Waals surface area contributed by atoms with Crippen molar-refractivity contribution in [3.63, 3.8) is 0 Å². The summed E-state index contributed by atoms with van der Waals surface area (Å²) in [4.78, 5) is 13.6. The highest BCUT2D eigenvalue weighted by Crippen LogP contribution is 2.37. The van der Waals surface area contributed by atoms with Crippen molar-refractivity contribution in [3.8, 4) is 0 Å². The highest BCUT2D eigenvalue weighted by Gasteiger charge is 2.36. The van der Waals surface area contributed by atoms with Crippen molar-refractivity contribution in [1.82, 2.24) is 15.8 Å². The van der Waals surface area contributed by atoms with E-state index in [1.807, 2.05) is 60.7 Å². The number of benzene rings is 3. The molecule has 4 rings (SSSR count). The molecule has 1 amide bonds. The van der Waals surface area contributed by atoms with Gasteiger partial charge in [-0.3, -0.25) is 5.43 Å². The van der Waals surface area contributed by atoms with Crippen molar-refractivity contribution >= 4 is 17.7 Å². The predicted molar refractivity (Wildman–Crippen MR) is 143 cm³/mol. The number of amides is 1. The Labute approximate surface area is 217 Å². The number of carbonyl (C=O) groups is 1. The van der Waals surface area contributed by atoms with E-state index in [4.69, 9.17) is 16.7 Å². The molecule has 0 spiro atoms. The molecule has 0 atom stereocenters. The summed E-state index contributed by atoms with van der Waals surface area (Å²) >= 11 is 6.02. The van der Waals surface area contributed by atoms with Crippen LogP contribution < -0.4 is 10.9 Å². The van der Waals surface area contributed by atoms with Gasteiger partial charge in [-0.25, -0.2) is 10.2 Å². The van der Waals surface area contributed by atoms with Crippen molar-refractivity contribution in [3.05, 3.63) is 107 Å². The van der Waals surface area contributed by atoms with E-state index in [1.54, 1.807) is 0 Å². The van der Waals surface area contributed by atoms with Crippen LogP contribution in [0.4, 0.5) is 4.79 Å². The van der Waals surface area contributed by atoms with Gasteiger partial charge in [0, 0.05) is 30.1 Å². The second-order valence-electron chi connectivity index (χ2n) is 9.58. The first-order valence-corrected chi connectivity index (χ1v) is 12.8. The Bertz CT molecular complexity index is 1060. The van der Waals surface area contributed by atoms with Crippen molar-refractivity contribution in [2.24, 2.45) is 0 Å². The topological polar surface area (TPSA) is 84.8 Å². The summed E-state index contributed by atoms with van der Waals surface area (Å²) in [7, 11) is 0. The summed E-state index contributed by atoms with van der Waals surface area (Å²) < 4.78 is 0. The van der Waals surface area contributed by atoms with E-state index < -0.39 is 17.1 Å². The monoisotopic (exact) mass is 507 g/mol. The van der Waals surface area contributed by atoms with E-state index >= 15 is 0 Å². The first-order valence-electron chi connectivity index (χ1n) is 12.4. The number of piperidine rings is 1. The number of hydrogen-bond donors (Lipinski definition) is 4. The average molecular weight is 508 g/mol. The lowest BCUT2D eigenvalue weighted by molar-refractivity contribution is -0.0262. The molecule has 4 N–H and O–H groups in total. The average Bonchev–Trinajstić information content (AvgIpc) is 2.90. The lowest BCUT2D eigenvalue weighted by Gasteiger charge is -2.40. The minimum absolute atomic E-state index is 0.398. The number of hydrogen-bond acceptors (Lipinski definition) is 4. The number of hydrazine groups is 1. The third-order valence-corrected chi connectivity index (χ3v) is 7.63. The maximum absolute atomic E-state index is 11.2. The molecule has 6 nitrogen and oxygen atoms in total. The van der Waals surface area contributed by atoms with Crippen molar-refractivity contribution < 1.29 is 15.0 Å². The fourth-order valence-electron chi connectivity index (χ4n) is 5.33.